The van der Waals surface area contributed by atoms with Gasteiger partial charge in [-0.05, 0) is 37.8 Å². The van der Waals surface area contributed by atoms with Gasteiger partial charge >= 0.3 is 0 Å². The van der Waals surface area contributed by atoms with Crippen LogP contribution in [0.15, 0.2) is 18.5 Å². The van der Waals surface area contributed by atoms with E-state index in [2.05, 4.69) is 25.5 Å². The molecule has 1 amide bonds. The van der Waals surface area contributed by atoms with Gasteiger partial charge in [0, 0.05) is 19.1 Å². The van der Waals surface area contributed by atoms with E-state index in [1.807, 2.05) is 12.1 Å². The predicted octanol–water partition coefficient (Wildman–Crippen LogP) is 2.18. The molecule has 0 bridgehead atoms. The molecule has 3 heterocycles. The Kier molecular flexibility index (Phi) is 4.81. The number of piperidine rings is 1. The molecule has 0 unspecified atom stereocenters. The quantitative estimate of drug-likeness (QED) is 0.865. The van der Waals surface area contributed by atoms with E-state index in [-0.39, 0.29) is 11.8 Å². The molecule has 7 nitrogen and oxygen atoms in total. The molecule has 2 aliphatic rings. The van der Waals surface area contributed by atoms with Crippen LogP contribution >= 0.6 is 0 Å². The number of fused-ring (bicyclic) bond motifs is 1. The molecule has 25 heavy (non-hydrogen) atoms. The second-order valence-electron chi connectivity index (χ2n) is 7.31. The van der Waals surface area contributed by atoms with Crippen molar-refractivity contribution in [2.45, 2.75) is 57.4 Å². The monoisotopic (exact) mass is 342 g/mol. The third-order valence-electron chi connectivity index (χ3n) is 5.47. The van der Waals surface area contributed by atoms with Crippen molar-refractivity contribution in [1.82, 2.24) is 25.1 Å². The van der Waals surface area contributed by atoms with E-state index in [0.29, 0.717) is 6.04 Å². The number of amides is 1. The van der Waals surface area contributed by atoms with Crippen LogP contribution in [0.3, 0.4) is 0 Å². The maximum absolute atomic E-state index is 12.7. The number of nitrogens with one attached hydrogen (secondary N) is 1. The van der Waals surface area contributed by atoms with Gasteiger partial charge in [0.05, 0.1) is 5.92 Å². The SMILES string of the molecule is O=C(NC1CCCCCC1)[C@H]1CCCN(c2ccc3nncn3n2)C1. The van der Waals surface area contributed by atoms with Crippen molar-refractivity contribution in [2.24, 2.45) is 5.92 Å². The molecule has 1 aliphatic heterocycles. The molecule has 1 atom stereocenters. The van der Waals surface area contributed by atoms with Crippen LogP contribution in [-0.2, 0) is 4.79 Å². The van der Waals surface area contributed by atoms with Crippen molar-refractivity contribution in [3.05, 3.63) is 18.5 Å². The molecular formula is C18H26N6O. The minimum atomic E-state index is 0.0513. The summed E-state index contributed by atoms with van der Waals surface area (Å²) in [6.07, 6.45) is 11.0. The molecule has 2 aromatic heterocycles. The molecule has 2 fully saturated rings. The van der Waals surface area contributed by atoms with Crippen LogP contribution in [0.2, 0.25) is 0 Å². The summed E-state index contributed by atoms with van der Waals surface area (Å²) in [5.41, 5.74) is 0.739. The first-order valence-electron chi connectivity index (χ1n) is 9.52. The van der Waals surface area contributed by atoms with Crippen LogP contribution in [0, 0.1) is 5.92 Å². The summed E-state index contributed by atoms with van der Waals surface area (Å²) in [6, 6.07) is 4.26. The second kappa shape index (κ2) is 7.37. The van der Waals surface area contributed by atoms with E-state index < -0.39 is 0 Å². The molecule has 0 radical (unpaired) electrons. The highest BCUT2D eigenvalue weighted by atomic mass is 16.2. The van der Waals surface area contributed by atoms with Crippen molar-refractivity contribution < 1.29 is 4.79 Å². The highest BCUT2D eigenvalue weighted by Gasteiger charge is 2.28. The minimum absolute atomic E-state index is 0.0513. The van der Waals surface area contributed by atoms with Crippen molar-refractivity contribution in [2.75, 3.05) is 18.0 Å². The Bertz CT molecular complexity index is 721. The number of hydrogen-bond acceptors (Lipinski definition) is 5. The number of nitrogens with zero attached hydrogens (tertiary/aromatic N) is 5. The number of carbonyl (C=O) groups excluding carboxylic acids is 1. The first kappa shape index (κ1) is 16.3. The summed E-state index contributed by atoms with van der Waals surface area (Å²) in [4.78, 5) is 15.0. The van der Waals surface area contributed by atoms with Crippen molar-refractivity contribution in [1.29, 1.82) is 0 Å². The predicted molar refractivity (Wildman–Crippen MR) is 95.4 cm³/mol. The zero-order valence-corrected chi connectivity index (χ0v) is 14.6. The average molecular weight is 342 g/mol. The van der Waals surface area contributed by atoms with Gasteiger partial charge < -0.3 is 10.2 Å². The number of carbonyl (C=O) groups is 1. The highest BCUT2D eigenvalue weighted by Crippen LogP contribution is 2.23. The van der Waals surface area contributed by atoms with E-state index in [4.69, 9.17) is 0 Å². The molecule has 4 rings (SSSR count). The fourth-order valence-corrected chi connectivity index (χ4v) is 4.03. The van der Waals surface area contributed by atoms with Gasteiger partial charge in [-0.25, -0.2) is 0 Å². The largest absolute Gasteiger partial charge is 0.354 e. The normalized spacial score (nSPS) is 22.7. The molecule has 1 aliphatic carbocycles. The van der Waals surface area contributed by atoms with Gasteiger partial charge in [-0.1, -0.05) is 25.7 Å². The average Bonchev–Trinajstić information content (AvgIpc) is 2.97. The van der Waals surface area contributed by atoms with Gasteiger partial charge in [-0.3, -0.25) is 4.79 Å². The standard InChI is InChI=1S/C18H26N6O/c25-18(20-15-7-3-1-2-4-8-15)14-6-5-11-23(12-14)17-10-9-16-21-19-13-24(16)22-17/h9-10,13-15H,1-8,11-12H2,(H,20,25)/t14-/m0/s1. The Morgan fingerprint density at radius 2 is 1.92 bits per heavy atom. The summed E-state index contributed by atoms with van der Waals surface area (Å²) >= 11 is 0. The van der Waals surface area contributed by atoms with Gasteiger partial charge in [-0.2, -0.15) is 4.52 Å². The van der Waals surface area contributed by atoms with E-state index in [1.54, 1.807) is 10.8 Å². The minimum Gasteiger partial charge on any atom is -0.354 e. The molecule has 0 spiro atoms. The summed E-state index contributed by atoms with van der Waals surface area (Å²) in [5.74, 6) is 1.16. The molecular weight excluding hydrogens is 316 g/mol. The fraction of sp³-hybridized carbons (Fsp3) is 0.667. The molecule has 1 saturated carbocycles. The number of hydrogen-bond donors (Lipinski definition) is 1. The van der Waals surface area contributed by atoms with Crippen LogP contribution < -0.4 is 10.2 Å². The Hall–Kier alpha value is -2.18. The van der Waals surface area contributed by atoms with E-state index in [1.165, 1.54) is 25.7 Å². The smallest absolute Gasteiger partial charge is 0.225 e. The Morgan fingerprint density at radius 1 is 1.08 bits per heavy atom. The summed E-state index contributed by atoms with van der Waals surface area (Å²) in [7, 11) is 0. The lowest BCUT2D eigenvalue weighted by atomic mass is 9.96. The molecule has 1 N–H and O–H groups in total. The van der Waals surface area contributed by atoms with E-state index in [0.717, 1.165) is 50.2 Å². The molecule has 134 valence electrons. The van der Waals surface area contributed by atoms with Crippen LogP contribution in [0.4, 0.5) is 5.82 Å². The van der Waals surface area contributed by atoms with Gasteiger partial charge in [0.2, 0.25) is 5.91 Å². The van der Waals surface area contributed by atoms with Crippen molar-refractivity contribution >= 4 is 17.4 Å². The Labute approximate surface area is 147 Å². The second-order valence-corrected chi connectivity index (χ2v) is 7.31. The fourth-order valence-electron chi connectivity index (χ4n) is 4.03. The summed E-state index contributed by atoms with van der Waals surface area (Å²) in [6.45, 7) is 1.67. The number of aromatic nitrogens is 4. The lowest BCUT2D eigenvalue weighted by Gasteiger charge is -2.33. The van der Waals surface area contributed by atoms with Crippen molar-refractivity contribution in [3.63, 3.8) is 0 Å². The van der Waals surface area contributed by atoms with Crippen molar-refractivity contribution in [3.8, 4) is 0 Å². The Balaban J connectivity index is 1.40. The maximum Gasteiger partial charge on any atom is 0.225 e. The lowest BCUT2D eigenvalue weighted by molar-refractivity contribution is -0.126. The highest BCUT2D eigenvalue weighted by molar-refractivity contribution is 5.79. The topological polar surface area (TPSA) is 75.4 Å². The zero-order chi connectivity index (χ0) is 17.1. The first-order chi connectivity index (χ1) is 12.3. The van der Waals surface area contributed by atoms with E-state index >= 15 is 0 Å². The summed E-state index contributed by atoms with van der Waals surface area (Å²) in [5, 5.41) is 15.7. The summed E-state index contributed by atoms with van der Waals surface area (Å²) < 4.78 is 1.69. The zero-order valence-electron chi connectivity index (χ0n) is 14.6. The lowest BCUT2D eigenvalue weighted by Crippen LogP contribution is -2.46. The third kappa shape index (κ3) is 3.75. The van der Waals surface area contributed by atoms with Gasteiger partial charge in [0.25, 0.3) is 0 Å². The number of rotatable bonds is 3. The van der Waals surface area contributed by atoms with Crippen LogP contribution in [0.5, 0.6) is 0 Å². The van der Waals surface area contributed by atoms with Crippen LogP contribution in [0.1, 0.15) is 51.4 Å². The van der Waals surface area contributed by atoms with Crippen LogP contribution in [-0.4, -0.2) is 44.8 Å². The molecule has 7 heteroatoms. The van der Waals surface area contributed by atoms with Gasteiger partial charge in [0.1, 0.15) is 12.1 Å². The molecule has 1 saturated heterocycles. The maximum atomic E-state index is 12.7. The van der Waals surface area contributed by atoms with Crippen LogP contribution in [0.25, 0.3) is 5.65 Å². The van der Waals surface area contributed by atoms with Gasteiger partial charge in [0.15, 0.2) is 5.65 Å². The molecule has 2 aromatic rings. The van der Waals surface area contributed by atoms with E-state index in [9.17, 15) is 4.79 Å². The number of anilines is 1. The first-order valence-corrected chi connectivity index (χ1v) is 9.52. The Morgan fingerprint density at radius 3 is 2.76 bits per heavy atom. The third-order valence-corrected chi connectivity index (χ3v) is 5.47. The van der Waals surface area contributed by atoms with Gasteiger partial charge in [-0.15, -0.1) is 15.3 Å². The molecule has 0 aromatic carbocycles.